The molecule has 0 radical (unpaired) electrons. The highest BCUT2D eigenvalue weighted by Crippen LogP contribution is 2.44. The van der Waals surface area contributed by atoms with Gasteiger partial charge in [-0.3, -0.25) is 0 Å². The van der Waals surface area contributed by atoms with Gasteiger partial charge >= 0.3 is 0 Å². The van der Waals surface area contributed by atoms with Gasteiger partial charge in [0.15, 0.2) is 0 Å². The van der Waals surface area contributed by atoms with Crippen LogP contribution in [0.15, 0.2) is 60.7 Å². The molecule has 0 heteroatoms. The largest absolute Gasteiger partial charge is 0.0625 e. The van der Waals surface area contributed by atoms with Gasteiger partial charge in [0, 0.05) is 0 Å². The molecule has 2 saturated carbocycles. The molecule has 0 amide bonds. The highest BCUT2D eigenvalue weighted by atomic mass is 14.4. The van der Waals surface area contributed by atoms with Crippen LogP contribution >= 0.6 is 0 Å². The molecule has 2 aliphatic carbocycles. The van der Waals surface area contributed by atoms with E-state index in [9.17, 15) is 0 Å². The summed E-state index contributed by atoms with van der Waals surface area (Å²) < 4.78 is 0. The van der Waals surface area contributed by atoms with Crippen molar-refractivity contribution in [1.29, 1.82) is 0 Å². The van der Waals surface area contributed by atoms with E-state index in [1.807, 2.05) is 0 Å². The van der Waals surface area contributed by atoms with Gasteiger partial charge in [0.2, 0.25) is 0 Å². The topological polar surface area (TPSA) is 0 Å². The molecule has 2 atom stereocenters. The van der Waals surface area contributed by atoms with Gasteiger partial charge in [-0.2, -0.15) is 0 Å². The van der Waals surface area contributed by atoms with Crippen LogP contribution in [0.5, 0.6) is 0 Å². The van der Waals surface area contributed by atoms with Crippen LogP contribution in [0, 0.1) is 24.7 Å². The van der Waals surface area contributed by atoms with E-state index in [4.69, 9.17) is 0 Å². The summed E-state index contributed by atoms with van der Waals surface area (Å²) in [5.41, 5.74) is 12.1. The zero-order valence-corrected chi connectivity index (χ0v) is 26.4. The Kier molecular flexibility index (Phi) is 9.24. The fraction of sp³-hybridized carbons (Fsp3) is 0.550. The third kappa shape index (κ3) is 6.92. The summed E-state index contributed by atoms with van der Waals surface area (Å²) in [5.74, 6) is 3.74. The summed E-state index contributed by atoms with van der Waals surface area (Å²) in [6, 6.07) is 23.7. The van der Waals surface area contributed by atoms with Crippen LogP contribution in [0.2, 0.25) is 0 Å². The van der Waals surface area contributed by atoms with Gasteiger partial charge in [0.25, 0.3) is 0 Å². The van der Waals surface area contributed by atoms with E-state index in [2.05, 4.69) is 102 Å². The standard InChI is InChI=1S/C40H54/c1-7-31-26-36(33-19-17-32(18-20-33)34-13-10-11-28(2)23-34)22-21-35(31)24-30-16-15-29(3)38(25-30)27-37-12-8-9-14-39(37)40(4,5)6/h8-9,12,14-16,21-22,25-26,28,32-34H,7,10-11,13,17-20,23-24,27H2,1-6H3. The van der Waals surface area contributed by atoms with E-state index < -0.39 is 0 Å². The maximum Gasteiger partial charge on any atom is -0.00201 e. The molecule has 0 nitrogen and oxygen atoms in total. The van der Waals surface area contributed by atoms with Crippen molar-refractivity contribution in [3.63, 3.8) is 0 Å². The molecule has 3 aromatic carbocycles. The molecule has 0 aromatic heterocycles. The van der Waals surface area contributed by atoms with Crippen molar-refractivity contribution >= 4 is 0 Å². The van der Waals surface area contributed by atoms with Crippen LogP contribution in [0.3, 0.4) is 0 Å². The Bertz CT molecular complexity index is 1260. The van der Waals surface area contributed by atoms with Gasteiger partial charge in [-0.25, -0.2) is 0 Å². The summed E-state index contributed by atoms with van der Waals surface area (Å²) in [4.78, 5) is 0. The molecule has 2 fully saturated rings. The van der Waals surface area contributed by atoms with Crippen molar-refractivity contribution in [3.8, 4) is 0 Å². The lowest BCUT2D eigenvalue weighted by Crippen LogP contribution is -2.25. The molecule has 0 spiro atoms. The first kappa shape index (κ1) is 29.2. The molecule has 40 heavy (non-hydrogen) atoms. The first-order chi connectivity index (χ1) is 19.2. The average Bonchev–Trinajstić information content (AvgIpc) is 2.95. The second kappa shape index (κ2) is 12.7. The van der Waals surface area contributed by atoms with Gasteiger partial charge in [-0.05, 0) is 132 Å². The summed E-state index contributed by atoms with van der Waals surface area (Å²) in [6.45, 7) is 14.1. The Hall–Kier alpha value is -2.34. The second-order valence-corrected chi connectivity index (χ2v) is 14.5. The van der Waals surface area contributed by atoms with E-state index in [1.54, 1.807) is 11.1 Å². The van der Waals surface area contributed by atoms with Crippen molar-refractivity contribution in [2.24, 2.45) is 17.8 Å². The molecule has 0 N–H and O–H groups in total. The Morgan fingerprint density at radius 1 is 0.700 bits per heavy atom. The van der Waals surface area contributed by atoms with E-state index in [0.29, 0.717) is 0 Å². The summed E-state index contributed by atoms with van der Waals surface area (Å²) in [7, 11) is 0. The van der Waals surface area contributed by atoms with Crippen LogP contribution in [0.25, 0.3) is 0 Å². The van der Waals surface area contributed by atoms with Crippen molar-refractivity contribution in [2.45, 2.75) is 124 Å². The summed E-state index contributed by atoms with van der Waals surface area (Å²) in [6.07, 6.45) is 14.8. The quantitative estimate of drug-likeness (QED) is 0.283. The molecule has 0 heterocycles. The van der Waals surface area contributed by atoms with Crippen molar-refractivity contribution in [1.82, 2.24) is 0 Å². The maximum absolute atomic E-state index is 2.58. The third-order valence-corrected chi connectivity index (χ3v) is 10.5. The zero-order valence-electron chi connectivity index (χ0n) is 26.4. The molecule has 0 aliphatic heterocycles. The minimum atomic E-state index is 0.160. The lowest BCUT2D eigenvalue weighted by molar-refractivity contribution is 0.159. The normalized spacial score (nSPS) is 23.8. The molecular weight excluding hydrogens is 480 g/mol. The van der Waals surface area contributed by atoms with Gasteiger partial charge in [-0.15, -0.1) is 0 Å². The van der Waals surface area contributed by atoms with Gasteiger partial charge < -0.3 is 0 Å². The van der Waals surface area contributed by atoms with Crippen LogP contribution in [-0.2, 0) is 24.7 Å². The first-order valence-corrected chi connectivity index (χ1v) is 16.5. The smallest absolute Gasteiger partial charge is 0.00201 e. The highest BCUT2D eigenvalue weighted by molar-refractivity contribution is 5.43. The number of rotatable bonds is 7. The average molecular weight is 535 g/mol. The Morgan fingerprint density at radius 2 is 1.48 bits per heavy atom. The first-order valence-electron chi connectivity index (χ1n) is 16.5. The fourth-order valence-electron chi connectivity index (χ4n) is 8.09. The lowest BCUT2D eigenvalue weighted by atomic mass is 9.68. The van der Waals surface area contributed by atoms with Crippen molar-refractivity contribution in [3.05, 3.63) is 105 Å². The summed E-state index contributed by atoms with van der Waals surface area (Å²) in [5, 5.41) is 0. The Morgan fingerprint density at radius 3 is 2.20 bits per heavy atom. The number of benzene rings is 3. The van der Waals surface area contributed by atoms with E-state index >= 15 is 0 Å². The molecule has 5 rings (SSSR count). The molecule has 3 aromatic rings. The van der Waals surface area contributed by atoms with Crippen molar-refractivity contribution < 1.29 is 0 Å². The molecule has 2 aliphatic rings. The molecule has 2 unspecified atom stereocenters. The zero-order chi connectivity index (χ0) is 28.3. The number of hydrogen-bond donors (Lipinski definition) is 0. The van der Waals surface area contributed by atoms with Crippen LogP contribution < -0.4 is 0 Å². The van der Waals surface area contributed by atoms with Crippen LogP contribution in [0.1, 0.15) is 136 Å². The molecule has 214 valence electrons. The minimum absolute atomic E-state index is 0.160. The van der Waals surface area contributed by atoms with Gasteiger partial charge in [-0.1, -0.05) is 115 Å². The van der Waals surface area contributed by atoms with E-state index in [1.165, 1.54) is 84.7 Å². The summed E-state index contributed by atoms with van der Waals surface area (Å²) >= 11 is 0. The number of aryl methyl sites for hydroxylation is 2. The van der Waals surface area contributed by atoms with Crippen LogP contribution in [0.4, 0.5) is 0 Å². The highest BCUT2D eigenvalue weighted by Gasteiger charge is 2.31. The predicted molar refractivity (Wildman–Crippen MR) is 174 cm³/mol. The maximum atomic E-state index is 2.58. The van der Waals surface area contributed by atoms with E-state index in [-0.39, 0.29) is 5.41 Å². The predicted octanol–water partition coefficient (Wildman–Crippen LogP) is 11.1. The molecule has 0 saturated heterocycles. The second-order valence-electron chi connectivity index (χ2n) is 14.5. The Balaban J connectivity index is 1.27. The van der Waals surface area contributed by atoms with Crippen LogP contribution in [-0.4, -0.2) is 0 Å². The molecular formula is C40H54. The third-order valence-electron chi connectivity index (χ3n) is 10.5. The molecule has 0 bridgehead atoms. The lowest BCUT2D eigenvalue weighted by Gasteiger charge is -2.38. The SMILES string of the molecule is CCc1cc(C2CCC(C3CCCC(C)C3)CC2)ccc1Cc1ccc(C)c(Cc2ccccc2C(C)(C)C)c1. The van der Waals surface area contributed by atoms with Gasteiger partial charge in [0.05, 0.1) is 0 Å². The van der Waals surface area contributed by atoms with Crippen molar-refractivity contribution in [2.75, 3.05) is 0 Å². The minimum Gasteiger partial charge on any atom is -0.0625 e. The fourth-order valence-corrected chi connectivity index (χ4v) is 8.09. The monoisotopic (exact) mass is 534 g/mol. The van der Waals surface area contributed by atoms with Gasteiger partial charge in [0.1, 0.15) is 0 Å². The van der Waals surface area contributed by atoms with E-state index in [0.717, 1.165) is 42.9 Å². The Labute approximate surface area is 246 Å². The number of hydrogen-bond acceptors (Lipinski definition) is 0.